The molecular formula is C19H21BrN4O3S2. The van der Waals surface area contributed by atoms with Crippen LogP contribution < -0.4 is 26.2 Å². The molecule has 0 radical (unpaired) electrons. The molecular weight excluding hydrogens is 476 g/mol. The number of amides is 1. The quantitative estimate of drug-likeness (QED) is 0.125. The topological polar surface area (TPSA) is 91.5 Å². The number of carbonyl (C=O) groups is 2. The van der Waals surface area contributed by atoms with Crippen LogP contribution >= 0.6 is 40.8 Å². The van der Waals surface area contributed by atoms with E-state index in [2.05, 4.69) is 50.0 Å². The molecule has 1 unspecified atom stereocenters. The Morgan fingerprint density at radius 3 is 2.52 bits per heavy atom. The fraction of sp³-hybridized carbons (Fsp3) is 0.211. The summed E-state index contributed by atoms with van der Waals surface area (Å²) in [5, 5.41) is 5.79. The molecule has 0 saturated heterocycles. The average molecular weight is 497 g/mol. The zero-order valence-corrected chi connectivity index (χ0v) is 18.9. The molecule has 0 aliphatic carbocycles. The minimum Gasteiger partial charge on any atom is -0.497 e. The summed E-state index contributed by atoms with van der Waals surface area (Å²) in [6.45, 7) is 0. The van der Waals surface area contributed by atoms with E-state index in [0.717, 1.165) is 21.6 Å². The lowest BCUT2D eigenvalue weighted by Crippen LogP contribution is -2.44. The van der Waals surface area contributed by atoms with Crippen LogP contribution in [0.5, 0.6) is 5.75 Å². The molecule has 0 heterocycles. The van der Waals surface area contributed by atoms with E-state index in [-0.39, 0.29) is 23.7 Å². The van der Waals surface area contributed by atoms with Crippen molar-refractivity contribution in [1.29, 1.82) is 0 Å². The summed E-state index contributed by atoms with van der Waals surface area (Å²) in [4.78, 5) is 24.0. The van der Waals surface area contributed by atoms with Gasteiger partial charge in [-0.25, -0.2) is 0 Å². The van der Waals surface area contributed by atoms with E-state index in [9.17, 15) is 9.59 Å². The second-order valence-electron chi connectivity index (χ2n) is 5.95. The number of rotatable bonds is 8. The van der Waals surface area contributed by atoms with Gasteiger partial charge in [-0.15, -0.1) is 0 Å². The van der Waals surface area contributed by atoms with E-state index in [1.807, 2.05) is 36.4 Å². The molecule has 1 atom stereocenters. The second-order valence-corrected chi connectivity index (χ2v) is 7.89. The van der Waals surface area contributed by atoms with E-state index >= 15 is 0 Å². The van der Waals surface area contributed by atoms with Crippen LogP contribution in [0.3, 0.4) is 0 Å². The number of thiocarbonyl (C=S) groups is 1. The Hall–Kier alpha value is -2.30. The van der Waals surface area contributed by atoms with Crippen LogP contribution in [-0.2, 0) is 9.59 Å². The second kappa shape index (κ2) is 11.6. The Morgan fingerprint density at radius 2 is 1.86 bits per heavy atom. The monoisotopic (exact) mass is 496 g/mol. The minimum atomic E-state index is -0.488. The summed E-state index contributed by atoms with van der Waals surface area (Å²) in [6, 6.07) is 14.6. The smallest absolute Gasteiger partial charge is 0.245 e. The highest BCUT2D eigenvalue weighted by atomic mass is 79.9. The summed E-state index contributed by atoms with van der Waals surface area (Å²) in [5.74, 6) is -0.00614. The normalized spacial score (nSPS) is 11.1. The van der Waals surface area contributed by atoms with Gasteiger partial charge in [0.2, 0.25) is 5.91 Å². The Balaban J connectivity index is 1.69. The van der Waals surface area contributed by atoms with E-state index in [4.69, 9.17) is 17.0 Å². The zero-order valence-electron chi connectivity index (χ0n) is 15.6. The third kappa shape index (κ3) is 8.71. The van der Waals surface area contributed by atoms with Crippen LogP contribution in [0.2, 0.25) is 0 Å². The lowest BCUT2D eigenvalue weighted by Gasteiger charge is -2.14. The van der Waals surface area contributed by atoms with Gasteiger partial charge in [-0.05, 0) is 54.7 Å². The molecule has 10 heteroatoms. The number of ether oxygens (including phenoxy) is 1. The molecule has 2 rings (SSSR count). The van der Waals surface area contributed by atoms with Gasteiger partial charge in [-0.2, -0.15) is 12.6 Å². The fourth-order valence-corrected chi connectivity index (χ4v) is 3.22. The number of ketones is 1. The molecule has 0 aromatic heterocycles. The number of hydrazine groups is 1. The first kappa shape index (κ1) is 23.0. The van der Waals surface area contributed by atoms with Gasteiger partial charge >= 0.3 is 0 Å². The van der Waals surface area contributed by atoms with Crippen molar-refractivity contribution in [3.05, 3.63) is 53.0 Å². The number of halogens is 1. The largest absolute Gasteiger partial charge is 0.497 e. The Morgan fingerprint density at radius 1 is 1.14 bits per heavy atom. The highest BCUT2D eigenvalue weighted by Gasteiger charge is 2.14. The van der Waals surface area contributed by atoms with Gasteiger partial charge in [0.05, 0.1) is 18.9 Å². The van der Waals surface area contributed by atoms with Crippen LogP contribution in [-0.4, -0.2) is 29.3 Å². The molecule has 29 heavy (non-hydrogen) atoms. The zero-order chi connectivity index (χ0) is 21.2. The number of benzene rings is 2. The minimum absolute atomic E-state index is 0.0866. The standard InChI is InChI=1S/C19H21BrN4O3S2/c1-27-16-7-5-13(6-8-16)21-18(28)11-15(25)10-17(26)23-24-19(29)22-14-4-2-3-12(20)9-14/h2-9,18,21,28H,10-11H2,1H3,(H,23,26)(H2,22,24,29). The number of methoxy groups -OCH3 is 1. The van der Waals surface area contributed by atoms with Crippen molar-refractivity contribution in [2.24, 2.45) is 0 Å². The molecule has 0 fully saturated rings. The highest BCUT2D eigenvalue weighted by Crippen LogP contribution is 2.18. The van der Waals surface area contributed by atoms with Gasteiger partial charge in [0.15, 0.2) is 5.11 Å². The maximum Gasteiger partial charge on any atom is 0.245 e. The Kier molecular flexibility index (Phi) is 9.23. The van der Waals surface area contributed by atoms with Gasteiger partial charge in [0.25, 0.3) is 0 Å². The van der Waals surface area contributed by atoms with Crippen molar-refractivity contribution >= 4 is 69.0 Å². The van der Waals surface area contributed by atoms with Gasteiger partial charge in [0.1, 0.15) is 11.5 Å². The van der Waals surface area contributed by atoms with E-state index in [0.29, 0.717) is 0 Å². The molecule has 1 amide bonds. The third-order valence-corrected chi connectivity index (χ3v) is 4.61. The van der Waals surface area contributed by atoms with Crippen molar-refractivity contribution in [3.63, 3.8) is 0 Å². The number of Topliss-reactive ketones (excluding diaryl/α,β-unsaturated/α-hetero) is 1. The molecule has 2 aromatic carbocycles. The molecule has 0 aliphatic rings. The molecule has 4 N–H and O–H groups in total. The molecule has 2 aromatic rings. The maximum absolute atomic E-state index is 12.1. The number of thiol groups is 1. The molecule has 7 nitrogen and oxygen atoms in total. The summed E-state index contributed by atoms with van der Waals surface area (Å²) < 4.78 is 5.99. The van der Waals surface area contributed by atoms with Crippen molar-refractivity contribution < 1.29 is 14.3 Å². The van der Waals surface area contributed by atoms with Crippen LogP contribution in [0, 0.1) is 0 Å². The van der Waals surface area contributed by atoms with Crippen molar-refractivity contribution in [3.8, 4) is 5.75 Å². The molecule has 0 saturated carbocycles. The predicted octanol–water partition coefficient (Wildman–Crippen LogP) is 3.49. The van der Waals surface area contributed by atoms with Gasteiger partial charge in [-0.3, -0.25) is 20.4 Å². The first-order valence-corrected chi connectivity index (χ1v) is 10.3. The van der Waals surface area contributed by atoms with E-state index < -0.39 is 11.3 Å². The van der Waals surface area contributed by atoms with Crippen molar-refractivity contribution in [2.45, 2.75) is 18.2 Å². The van der Waals surface area contributed by atoms with Crippen molar-refractivity contribution in [1.82, 2.24) is 10.9 Å². The first-order valence-electron chi connectivity index (χ1n) is 8.57. The highest BCUT2D eigenvalue weighted by molar-refractivity contribution is 9.10. The molecule has 0 bridgehead atoms. The Bertz CT molecular complexity index is 865. The van der Waals surface area contributed by atoms with E-state index in [1.54, 1.807) is 19.2 Å². The fourth-order valence-electron chi connectivity index (χ4n) is 2.30. The van der Waals surface area contributed by atoms with Crippen LogP contribution in [0.4, 0.5) is 11.4 Å². The van der Waals surface area contributed by atoms with Gasteiger partial charge in [-0.1, -0.05) is 22.0 Å². The molecule has 0 spiro atoms. The maximum atomic E-state index is 12.1. The molecule has 0 aliphatic heterocycles. The lowest BCUT2D eigenvalue weighted by atomic mass is 10.2. The van der Waals surface area contributed by atoms with Crippen LogP contribution in [0.15, 0.2) is 53.0 Å². The van der Waals surface area contributed by atoms with Crippen molar-refractivity contribution in [2.75, 3.05) is 17.7 Å². The van der Waals surface area contributed by atoms with Gasteiger partial charge < -0.3 is 15.4 Å². The number of anilines is 2. The third-order valence-electron chi connectivity index (χ3n) is 3.60. The molecule has 154 valence electrons. The number of hydrogen-bond acceptors (Lipinski definition) is 6. The summed E-state index contributed by atoms with van der Waals surface area (Å²) in [7, 11) is 1.59. The van der Waals surface area contributed by atoms with Gasteiger partial charge in [0, 0.05) is 22.3 Å². The summed E-state index contributed by atoms with van der Waals surface area (Å²) >= 11 is 12.8. The average Bonchev–Trinajstić information content (AvgIpc) is 2.66. The van der Waals surface area contributed by atoms with E-state index in [1.165, 1.54) is 0 Å². The predicted molar refractivity (Wildman–Crippen MR) is 125 cm³/mol. The lowest BCUT2D eigenvalue weighted by molar-refractivity contribution is -0.128. The SMILES string of the molecule is COc1ccc(NC(S)CC(=O)CC(=O)NNC(=S)Nc2cccc(Br)c2)cc1. The van der Waals surface area contributed by atoms with Crippen LogP contribution in [0.1, 0.15) is 12.8 Å². The first-order chi connectivity index (χ1) is 13.9. The number of nitrogens with one attached hydrogen (secondary N) is 4. The Labute approximate surface area is 188 Å². The summed E-state index contributed by atoms with van der Waals surface area (Å²) in [6.07, 6.45) is -0.197. The number of hydrogen-bond donors (Lipinski definition) is 5. The number of carbonyl (C=O) groups excluding carboxylic acids is 2. The summed E-state index contributed by atoms with van der Waals surface area (Å²) in [5.41, 5.74) is 6.52. The van der Waals surface area contributed by atoms with Crippen LogP contribution in [0.25, 0.3) is 0 Å².